The predicted octanol–water partition coefficient (Wildman–Crippen LogP) is 5.14. The Balaban J connectivity index is 1.12. The van der Waals surface area contributed by atoms with Gasteiger partial charge in [-0.3, -0.25) is 18.8 Å². The van der Waals surface area contributed by atoms with Crippen LogP contribution in [0, 0.1) is 19.8 Å². The van der Waals surface area contributed by atoms with Gasteiger partial charge in [-0.25, -0.2) is 0 Å². The van der Waals surface area contributed by atoms with E-state index >= 15 is 0 Å². The van der Waals surface area contributed by atoms with Crippen molar-refractivity contribution in [2.24, 2.45) is 5.92 Å². The van der Waals surface area contributed by atoms with Gasteiger partial charge in [-0.05, 0) is 90.6 Å². The fourth-order valence-electron chi connectivity index (χ4n) is 6.21. The maximum absolute atomic E-state index is 13.5. The Hall–Kier alpha value is -4.48. The van der Waals surface area contributed by atoms with Crippen molar-refractivity contribution in [3.05, 3.63) is 101 Å². The number of aryl methyl sites for hydroxylation is 1. The number of carbonyl (C=O) groups is 2. The van der Waals surface area contributed by atoms with Gasteiger partial charge in [0.05, 0.1) is 25.1 Å². The Labute approximate surface area is 269 Å². The van der Waals surface area contributed by atoms with Crippen LogP contribution in [0.25, 0.3) is 11.1 Å². The molecule has 3 aromatic carbocycles. The Morgan fingerprint density at radius 3 is 2.72 bits per heavy atom. The summed E-state index contributed by atoms with van der Waals surface area (Å²) in [5.74, 6) is 0.913. The highest BCUT2D eigenvalue weighted by molar-refractivity contribution is 7.85. The molecule has 1 fully saturated rings. The van der Waals surface area contributed by atoms with Crippen LogP contribution in [0.4, 0.5) is 5.69 Å². The number of benzene rings is 3. The standard InChI is InChI=1S/C35H38N4O6S/c1-23-7-3-12-32(24(23)2)45-15-6-13-33(40)39-22-27-18-30(27)34-29(10-5-11-31(34)39)28-19-37-38(21-28)20-25-8-4-9-26(17-25)35(41)36-14-16-46(42,43)44/h3-5,7-12,17,19,21,27,30H,6,13-16,18,20,22H2,1-2H3,(H,36,41)(H,42,43,44)/t27-,30-/m0/s1. The van der Waals surface area contributed by atoms with E-state index in [9.17, 15) is 18.0 Å². The third kappa shape index (κ3) is 7.16. The molecule has 10 nitrogen and oxygen atoms in total. The van der Waals surface area contributed by atoms with E-state index in [0.29, 0.717) is 43.4 Å². The average Bonchev–Trinajstić information content (AvgIpc) is 3.68. The van der Waals surface area contributed by atoms with Gasteiger partial charge in [-0.15, -0.1) is 0 Å². The topological polar surface area (TPSA) is 131 Å². The third-order valence-corrected chi connectivity index (χ3v) is 9.58. The average molecular weight is 643 g/mol. The van der Waals surface area contributed by atoms with Gasteiger partial charge in [-0.1, -0.05) is 36.4 Å². The third-order valence-electron chi connectivity index (χ3n) is 8.86. The van der Waals surface area contributed by atoms with Gasteiger partial charge in [-0.2, -0.15) is 13.5 Å². The lowest BCUT2D eigenvalue weighted by Crippen LogP contribution is -2.36. The van der Waals surface area contributed by atoms with Gasteiger partial charge >= 0.3 is 0 Å². The molecule has 0 unspecified atom stereocenters. The van der Waals surface area contributed by atoms with Crippen molar-refractivity contribution >= 4 is 27.6 Å². The van der Waals surface area contributed by atoms with Gasteiger partial charge in [0.1, 0.15) is 5.75 Å². The van der Waals surface area contributed by atoms with E-state index in [0.717, 1.165) is 46.7 Å². The number of nitrogens with zero attached hydrogens (tertiary/aromatic N) is 3. The summed E-state index contributed by atoms with van der Waals surface area (Å²) in [6.45, 7) is 5.60. The zero-order chi connectivity index (χ0) is 32.4. The van der Waals surface area contributed by atoms with Crippen LogP contribution in [0.1, 0.15) is 57.8 Å². The van der Waals surface area contributed by atoms with Crippen molar-refractivity contribution in [3.63, 3.8) is 0 Å². The molecule has 1 aliphatic heterocycles. The number of ether oxygens (including phenoxy) is 1. The first-order chi connectivity index (χ1) is 22.1. The molecule has 0 radical (unpaired) electrons. The highest BCUT2D eigenvalue weighted by Gasteiger charge is 2.47. The van der Waals surface area contributed by atoms with E-state index in [1.54, 1.807) is 18.2 Å². The van der Waals surface area contributed by atoms with E-state index in [1.165, 1.54) is 11.1 Å². The molecule has 1 aliphatic carbocycles. The molecule has 1 aromatic heterocycles. The van der Waals surface area contributed by atoms with Gasteiger partial charge < -0.3 is 15.0 Å². The minimum Gasteiger partial charge on any atom is -0.493 e. The van der Waals surface area contributed by atoms with Crippen LogP contribution in [0.3, 0.4) is 0 Å². The highest BCUT2D eigenvalue weighted by Crippen LogP contribution is 2.57. The maximum atomic E-state index is 13.5. The van der Waals surface area contributed by atoms with Gasteiger partial charge in [0.25, 0.3) is 16.0 Å². The van der Waals surface area contributed by atoms with Crippen LogP contribution < -0.4 is 15.0 Å². The van der Waals surface area contributed by atoms with Crippen molar-refractivity contribution in [2.45, 2.75) is 45.6 Å². The quantitative estimate of drug-likeness (QED) is 0.162. The largest absolute Gasteiger partial charge is 0.493 e. The van der Waals surface area contributed by atoms with Crippen molar-refractivity contribution < 1.29 is 27.3 Å². The van der Waals surface area contributed by atoms with E-state index < -0.39 is 21.8 Å². The molecule has 2 amide bonds. The normalized spacial score (nSPS) is 16.8. The monoisotopic (exact) mass is 642 g/mol. The summed E-state index contributed by atoms with van der Waals surface area (Å²) in [5, 5.41) is 7.10. The summed E-state index contributed by atoms with van der Waals surface area (Å²) in [6.07, 6.45) is 5.95. The van der Waals surface area contributed by atoms with Gasteiger partial charge in [0.2, 0.25) is 5.91 Å². The van der Waals surface area contributed by atoms with Crippen molar-refractivity contribution in [3.8, 4) is 16.9 Å². The van der Waals surface area contributed by atoms with E-state index in [-0.39, 0.29) is 12.5 Å². The van der Waals surface area contributed by atoms with Gasteiger partial charge in [0.15, 0.2) is 0 Å². The number of carbonyl (C=O) groups excluding carboxylic acids is 2. The molecular weight excluding hydrogens is 604 g/mol. The molecule has 1 saturated carbocycles. The number of aromatic nitrogens is 2. The van der Waals surface area contributed by atoms with Crippen LogP contribution in [-0.4, -0.2) is 60.0 Å². The maximum Gasteiger partial charge on any atom is 0.266 e. The molecule has 6 rings (SSSR count). The minimum atomic E-state index is -4.15. The van der Waals surface area contributed by atoms with Crippen LogP contribution in [-0.2, 0) is 21.5 Å². The zero-order valence-electron chi connectivity index (χ0n) is 26.0. The molecule has 0 saturated heterocycles. The van der Waals surface area contributed by atoms with Crippen molar-refractivity contribution in [1.29, 1.82) is 0 Å². The second kappa shape index (κ2) is 13.1. The summed E-state index contributed by atoms with van der Waals surface area (Å²) in [5.41, 5.74) is 7.80. The van der Waals surface area contributed by atoms with Crippen molar-refractivity contribution in [1.82, 2.24) is 15.1 Å². The Kier molecular flexibility index (Phi) is 8.97. The first-order valence-corrected chi connectivity index (χ1v) is 17.2. The number of fused-ring (bicyclic) bond motifs is 3. The van der Waals surface area contributed by atoms with Crippen LogP contribution >= 0.6 is 0 Å². The molecule has 0 spiro atoms. The predicted molar refractivity (Wildman–Crippen MR) is 176 cm³/mol. The number of amides is 2. The second-order valence-corrected chi connectivity index (χ2v) is 13.7. The number of rotatable bonds is 12. The first kappa shape index (κ1) is 31.5. The van der Waals surface area contributed by atoms with E-state index in [1.807, 2.05) is 53.2 Å². The molecule has 4 aromatic rings. The SMILES string of the molecule is Cc1cccc(OCCCC(=O)N2C[C@@H]3C[C@@H]3c3c(-c4cnn(Cc5cccc(C(=O)NCCS(=O)(=O)O)c5)c4)cccc32)c1C. The number of anilines is 1. The Morgan fingerprint density at radius 2 is 1.89 bits per heavy atom. The molecule has 240 valence electrons. The van der Waals surface area contributed by atoms with Crippen molar-refractivity contribution in [2.75, 3.05) is 30.3 Å². The summed E-state index contributed by atoms with van der Waals surface area (Å²) < 4.78 is 38.6. The van der Waals surface area contributed by atoms with E-state index in [2.05, 4.69) is 35.5 Å². The lowest BCUT2D eigenvalue weighted by Gasteiger charge is -2.30. The van der Waals surface area contributed by atoms with Gasteiger partial charge in [0, 0.05) is 42.5 Å². The summed E-state index contributed by atoms with van der Waals surface area (Å²) in [4.78, 5) is 27.9. The second-order valence-electron chi connectivity index (χ2n) is 12.2. The van der Waals surface area contributed by atoms with E-state index in [4.69, 9.17) is 9.29 Å². The van der Waals surface area contributed by atoms with Crippen LogP contribution in [0.5, 0.6) is 5.75 Å². The molecular formula is C35H38N4O6S. The molecule has 46 heavy (non-hydrogen) atoms. The molecule has 11 heteroatoms. The molecule has 0 bridgehead atoms. The molecule has 2 atom stereocenters. The number of nitrogens with one attached hydrogen (secondary N) is 1. The summed E-state index contributed by atoms with van der Waals surface area (Å²) >= 11 is 0. The Bertz CT molecular complexity index is 1890. The van der Waals surface area contributed by atoms with Crippen LogP contribution in [0.2, 0.25) is 0 Å². The number of hydrogen-bond donors (Lipinski definition) is 2. The summed E-state index contributed by atoms with van der Waals surface area (Å²) in [6, 6.07) is 19.2. The van der Waals surface area contributed by atoms with Crippen LogP contribution in [0.15, 0.2) is 73.1 Å². The highest BCUT2D eigenvalue weighted by atomic mass is 32.2. The fourth-order valence-corrected chi connectivity index (χ4v) is 6.57. The Morgan fingerprint density at radius 1 is 1.09 bits per heavy atom. The minimum absolute atomic E-state index is 0.117. The smallest absolute Gasteiger partial charge is 0.266 e. The zero-order valence-corrected chi connectivity index (χ0v) is 26.8. The first-order valence-electron chi connectivity index (χ1n) is 15.5. The number of hydrogen-bond acceptors (Lipinski definition) is 6. The lowest BCUT2D eigenvalue weighted by molar-refractivity contribution is -0.119. The molecule has 2 aliphatic rings. The summed E-state index contributed by atoms with van der Waals surface area (Å²) in [7, 11) is -4.15. The fraction of sp³-hybridized carbons (Fsp3) is 0.343. The molecule has 2 heterocycles. The molecule has 2 N–H and O–H groups in total. The lowest BCUT2D eigenvalue weighted by atomic mass is 9.92.